The number of hydrazine groups is 1. The number of nitrogens with one attached hydrogen (secondary N) is 1. The highest BCUT2D eigenvalue weighted by Crippen LogP contribution is 2.32. The topological polar surface area (TPSA) is 56.5 Å². The molecule has 0 aliphatic heterocycles. The highest BCUT2D eigenvalue weighted by atomic mass is 79.9. The van der Waals surface area contributed by atoms with Crippen molar-refractivity contribution < 1.29 is 9.47 Å². The van der Waals surface area contributed by atoms with Crippen LogP contribution in [0.25, 0.3) is 0 Å². The molecule has 0 fully saturated rings. The fourth-order valence-corrected chi connectivity index (χ4v) is 1.60. The van der Waals surface area contributed by atoms with E-state index in [1.807, 2.05) is 12.1 Å². The zero-order chi connectivity index (χ0) is 10.6. The maximum absolute atomic E-state index is 5.25. The van der Waals surface area contributed by atoms with Crippen LogP contribution in [0.15, 0.2) is 16.6 Å². The zero-order valence-electron chi connectivity index (χ0n) is 8.13. The van der Waals surface area contributed by atoms with Gasteiger partial charge in [0.25, 0.3) is 0 Å². The first-order valence-electron chi connectivity index (χ1n) is 4.06. The molecule has 1 aromatic carbocycles. The van der Waals surface area contributed by atoms with E-state index in [9.17, 15) is 0 Å². The third-order valence-corrected chi connectivity index (χ3v) is 2.58. The average Bonchev–Trinajstić information content (AvgIpc) is 2.20. The standard InChI is InChI=1S/C9H13BrN2O2/c1-13-8-3-6(5-12-11)7(10)4-9(8)14-2/h3-4,12H,5,11H2,1-2H3. The summed E-state index contributed by atoms with van der Waals surface area (Å²) in [4.78, 5) is 0. The SMILES string of the molecule is COc1cc(Br)c(CNN)cc1OC. The molecular formula is C9H13BrN2O2. The number of hydrogen-bond acceptors (Lipinski definition) is 4. The lowest BCUT2D eigenvalue weighted by molar-refractivity contribution is 0.354. The number of hydrogen-bond donors (Lipinski definition) is 2. The van der Waals surface area contributed by atoms with Crippen LogP contribution in [0.5, 0.6) is 11.5 Å². The second kappa shape index (κ2) is 5.19. The van der Waals surface area contributed by atoms with Crippen molar-refractivity contribution in [1.29, 1.82) is 0 Å². The highest BCUT2D eigenvalue weighted by Gasteiger charge is 2.08. The van der Waals surface area contributed by atoms with E-state index in [0.29, 0.717) is 18.0 Å². The van der Waals surface area contributed by atoms with Crippen LogP contribution in [-0.2, 0) is 6.54 Å². The van der Waals surface area contributed by atoms with Crippen molar-refractivity contribution in [3.8, 4) is 11.5 Å². The molecule has 1 rings (SSSR count). The van der Waals surface area contributed by atoms with E-state index < -0.39 is 0 Å². The largest absolute Gasteiger partial charge is 0.493 e. The van der Waals surface area contributed by atoms with Gasteiger partial charge < -0.3 is 9.47 Å². The summed E-state index contributed by atoms with van der Waals surface area (Å²) in [6.07, 6.45) is 0. The van der Waals surface area contributed by atoms with Crippen molar-refractivity contribution in [3.63, 3.8) is 0 Å². The van der Waals surface area contributed by atoms with Crippen molar-refractivity contribution in [1.82, 2.24) is 5.43 Å². The first-order chi connectivity index (χ1) is 6.72. The Morgan fingerprint density at radius 3 is 2.36 bits per heavy atom. The van der Waals surface area contributed by atoms with Gasteiger partial charge >= 0.3 is 0 Å². The summed E-state index contributed by atoms with van der Waals surface area (Å²) in [6.45, 7) is 0.570. The van der Waals surface area contributed by atoms with E-state index in [4.69, 9.17) is 15.3 Å². The predicted molar refractivity (Wildman–Crippen MR) is 58.3 cm³/mol. The van der Waals surface area contributed by atoms with Crippen LogP contribution < -0.4 is 20.7 Å². The Bertz CT molecular complexity index is 318. The van der Waals surface area contributed by atoms with Crippen molar-refractivity contribution in [2.75, 3.05) is 14.2 Å². The van der Waals surface area contributed by atoms with Crippen molar-refractivity contribution in [3.05, 3.63) is 22.2 Å². The zero-order valence-corrected chi connectivity index (χ0v) is 9.72. The molecule has 0 spiro atoms. The third kappa shape index (κ3) is 2.37. The third-order valence-electron chi connectivity index (χ3n) is 1.85. The quantitative estimate of drug-likeness (QED) is 0.636. The summed E-state index contributed by atoms with van der Waals surface area (Å²) in [5.74, 6) is 6.64. The van der Waals surface area contributed by atoms with Crippen molar-refractivity contribution >= 4 is 15.9 Å². The molecule has 0 aliphatic carbocycles. The molecule has 0 heterocycles. The maximum Gasteiger partial charge on any atom is 0.161 e. The van der Waals surface area contributed by atoms with Gasteiger partial charge in [-0.3, -0.25) is 11.3 Å². The van der Waals surface area contributed by atoms with E-state index in [1.165, 1.54) is 0 Å². The summed E-state index contributed by atoms with van der Waals surface area (Å²) in [7, 11) is 3.20. The Morgan fingerprint density at radius 2 is 1.86 bits per heavy atom. The molecule has 0 atom stereocenters. The Kier molecular flexibility index (Phi) is 4.19. The van der Waals surface area contributed by atoms with Gasteiger partial charge in [-0.2, -0.15) is 0 Å². The first-order valence-corrected chi connectivity index (χ1v) is 4.86. The van der Waals surface area contributed by atoms with E-state index in [1.54, 1.807) is 14.2 Å². The summed E-state index contributed by atoms with van der Waals surface area (Å²) in [6, 6.07) is 3.73. The van der Waals surface area contributed by atoms with Gasteiger partial charge in [-0.25, -0.2) is 0 Å². The van der Waals surface area contributed by atoms with Crippen LogP contribution >= 0.6 is 15.9 Å². The maximum atomic E-state index is 5.25. The Balaban J connectivity index is 3.09. The molecular weight excluding hydrogens is 248 g/mol. The summed E-state index contributed by atoms with van der Waals surface area (Å²) < 4.78 is 11.2. The molecule has 5 heteroatoms. The molecule has 0 aliphatic rings. The van der Waals surface area contributed by atoms with E-state index in [2.05, 4.69) is 21.4 Å². The normalized spacial score (nSPS) is 10.0. The van der Waals surface area contributed by atoms with Gasteiger partial charge in [0, 0.05) is 11.0 Å². The molecule has 14 heavy (non-hydrogen) atoms. The van der Waals surface area contributed by atoms with Crippen LogP contribution in [0.2, 0.25) is 0 Å². The molecule has 0 amide bonds. The van der Waals surface area contributed by atoms with Gasteiger partial charge in [0.15, 0.2) is 11.5 Å². The minimum absolute atomic E-state index is 0.570. The van der Waals surface area contributed by atoms with Crippen LogP contribution in [-0.4, -0.2) is 14.2 Å². The molecule has 0 saturated carbocycles. The molecule has 0 unspecified atom stereocenters. The fraction of sp³-hybridized carbons (Fsp3) is 0.333. The average molecular weight is 261 g/mol. The summed E-state index contributed by atoms with van der Waals surface area (Å²) in [5.41, 5.74) is 3.61. The Morgan fingerprint density at radius 1 is 1.29 bits per heavy atom. The molecule has 0 aromatic heterocycles. The summed E-state index contributed by atoms with van der Waals surface area (Å²) >= 11 is 3.42. The molecule has 4 nitrogen and oxygen atoms in total. The summed E-state index contributed by atoms with van der Waals surface area (Å²) in [5, 5.41) is 0. The number of nitrogens with two attached hydrogens (primary N) is 1. The minimum atomic E-state index is 0.570. The number of methoxy groups -OCH3 is 2. The predicted octanol–water partition coefficient (Wildman–Crippen LogP) is 1.43. The Labute approximate surface area is 91.5 Å². The van der Waals surface area contributed by atoms with Gasteiger partial charge in [-0.1, -0.05) is 15.9 Å². The minimum Gasteiger partial charge on any atom is -0.493 e. The first kappa shape index (κ1) is 11.3. The fourth-order valence-electron chi connectivity index (χ4n) is 1.14. The molecule has 0 saturated heterocycles. The molecule has 0 radical (unpaired) electrons. The monoisotopic (exact) mass is 260 g/mol. The van der Waals surface area contributed by atoms with Gasteiger partial charge in [-0.05, 0) is 17.7 Å². The molecule has 1 aromatic rings. The lowest BCUT2D eigenvalue weighted by Gasteiger charge is -2.11. The molecule has 78 valence electrons. The van der Waals surface area contributed by atoms with Gasteiger partial charge in [0.05, 0.1) is 14.2 Å². The van der Waals surface area contributed by atoms with Gasteiger partial charge in [0.1, 0.15) is 0 Å². The van der Waals surface area contributed by atoms with Crippen LogP contribution in [0.1, 0.15) is 5.56 Å². The molecule has 3 N–H and O–H groups in total. The number of ether oxygens (including phenoxy) is 2. The second-order valence-electron chi connectivity index (χ2n) is 2.68. The van der Waals surface area contributed by atoms with Crippen LogP contribution in [0.4, 0.5) is 0 Å². The molecule has 0 bridgehead atoms. The number of benzene rings is 1. The van der Waals surface area contributed by atoms with Crippen LogP contribution in [0, 0.1) is 0 Å². The lowest BCUT2D eigenvalue weighted by Crippen LogP contribution is -2.21. The number of halogens is 1. The van der Waals surface area contributed by atoms with Gasteiger partial charge in [-0.15, -0.1) is 0 Å². The smallest absolute Gasteiger partial charge is 0.161 e. The Hall–Kier alpha value is -0.780. The lowest BCUT2D eigenvalue weighted by atomic mass is 10.2. The van der Waals surface area contributed by atoms with Crippen molar-refractivity contribution in [2.45, 2.75) is 6.54 Å². The van der Waals surface area contributed by atoms with E-state index in [-0.39, 0.29) is 0 Å². The van der Waals surface area contributed by atoms with Crippen molar-refractivity contribution in [2.24, 2.45) is 5.84 Å². The van der Waals surface area contributed by atoms with Gasteiger partial charge in [0.2, 0.25) is 0 Å². The van der Waals surface area contributed by atoms with Crippen LogP contribution in [0.3, 0.4) is 0 Å². The van der Waals surface area contributed by atoms with E-state index in [0.717, 1.165) is 10.0 Å². The number of rotatable bonds is 4. The second-order valence-corrected chi connectivity index (χ2v) is 3.53. The van der Waals surface area contributed by atoms with E-state index >= 15 is 0 Å². The highest BCUT2D eigenvalue weighted by molar-refractivity contribution is 9.10.